The van der Waals surface area contributed by atoms with Crippen molar-refractivity contribution in [3.05, 3.63) is 53.6 Å². The number of halogens is 1. The van der Waals surface area contributed by atoms with E-state index in [1.165, 1.54) is 24.0 Å². The highest BCUT2D eigenvalue weighted by Crippen LogP contribution is 2.26. The molecule has 0 radical (unpaired) electrons. The lowest BCUT2D eigenvalue weighted by molar-refractivity contribution is 0.0526. The predicted octanol–water partition coefficient (Wildman–Crippen LogP) is 3.22. The van der Waals surface area contributed by atoms with Crippen LogP contribution in [0.1, 0.15) is 22.8 Å². The molecule has 0 spiro atoms. The topological polar surface area (TPSA) is 91.0 Å². The molecule has 0 bridgehead atoms. The molecule has 0 saturated carbocycles. The summed E-state index contributed by atoms with van der Waals surface area (Å²) in [6, 6.07) is 6.49. The van der Waals surface area contributed by atoms with E-state index in [0.717, 1.165) is 5.56 Å². The lowest BCUT2D eigenvalue weighted by atomic mass is 10.1. The molecule has 0 fully saturated rings. The van der Waals surface area contributed by atoms with Gasteiger partial charge in [-0.25, -0.2) is 19.2 Å². The van der Waals surface area contributed by atoms with Crippen LogP contribution in [0, 0.1) is 5.82 Å². The van der Waals surface area contributed by atoms with E-state index in [9.17, 15) is 9.18 Å². The number of nitrogens with zero attached hydrogens (tertiary/aromatic N) is 3. The molecule has 3 rings (SSSR count). The van der Waals surface area contributed by atoms with E-state index in [4.69, 9.17) is 10.5 Å². The van der Waals surface area contributed by atoms with Gasteiger partial charge in [0.15, 0.2) is 5.16 Å². The number of rotatable bonds is 5. The van der Waals surface area contributed by atoms with Crippen LogP contribution >= 0.6 is 11.8 Å². The molecule has 0 atom stereocenters. The van der Waals surface area contributed by atoms with Crippen LogP contribution in [0.4, 0.5) is 10.2 Å². The average Bonchev–Trinajstić information content (AvgIpc) is 2.61. The predicted molar refractivity (Wildman–Crippen MR) is 93.7 cm³/mol. The third kappa shape index (κ3) is 3.69. The molecule has 6 nitrogen and oxygen atoms in total. The maximum absolute atomic E-state index is 13.8. The maximum Gasteiger partial charge on any atom is 0.343 e. The highest BCUT2D eigenvalue weighted by atomic mass is 32.2. The van der Waals surface area contributed by atoms with Gasteiger partial charge in [-0.3, -0.25) is 4.98 Å². The molecule has 2 N–H and O–H groups in total. The van der Waals surface area contributed by atoms with Gasteiger partial charge in [-0.15, -0.1) is 0 Å². The number of thioether (sulfide) groups is 1. The molecule has 0 saturated heterocycles. The fourth-order valence-corrected chi connectivity index (χ4v) is 3.08. The Morgan fingerprint density at radius 1 is 1.32 bits per heavy atom. The molecule has 25 heavy (non-hydrogen) atoms. The van der Waals surface area contributed by atoms with E-state index in [2.05, 4.69) is 15.0 Å². The van der Waals surface area contributed by atoms with Crippen LogP contribution in [0.5, 0.6) is 0 Å². The number of carbonyl (C=O) groups excluding carboxylic acids is 1. The molecule has 0 unspecified atom stereocenters. The zero-order chi connectivity index (χ0) is 17.8. The summed E-state index contributed by atoms with van der Waals surface area (Å²) < 4.78 is 18.7. The Morgan fingerprint density at radius 2 is 2.16 bits per heavy atom. The molecule has 3 aromatic rings. The van der Waals surface area contributed by atoms with Gasteiger partial charge in [0.05, 0.1) is 12.1 Å². The minimum absolute atomic E-state index is 0.0676. The Balaban J connectivity index is 1.80. The maximum atomic E-state index is 13.8. The fourth-order valence-electron chi connectivity index (χ4n) is 2.27. The number of pyridine rings is 1. The number of nitrogen functional groups attached to an aromatic ring is 1. The number of anilines is 1. The first-order valence-electron chi connectivity index (χ1n) is 7.54. The number of ether oxygens (including phenoxy) is 1. The van der Waals surface area contributed by atoms with Crippen LogP contribution in [0.2, 0.25) is 0 Å². The average molecular weight is 358 g/mol. The lowest BCUT2D eigenvalue weighted by Crippen LogP contribution is -2.10. The van der Waals surface area contributed by atoms with Crippen molar-refractivity contribution in [1.29, 1.82) is 0 Å². The number of hydrogen-bond donors (Lipinski definition) is 1. The third-order valence-electron chi connectivity index (χ3n) is 3.45. The molecule has 0 aliphatic heterocycles. The second-order valence-corrected chi connectivity index (χ2v) is 6.01. The van der Waals surface area contributed by atoms with Crippen LogP contribution in [-0.2, 0) is 10.5 Å². The van der Waals surface area contributed by atoms with Crippen LogP contribution in [-0.4, -0.2) is 27.5 Å². The summed E-state index contributed by atoms with van der Waals surface area (Å²) in [4.78, 5) is 24.2. The van der Waals surface area contributed by atoms with E-state index >= 15 is 0 Å². The third-order valence-corrected chi connectivity index (χ3v) is 4.36. The molecule has 2 aromatic heterocycles. The zero-order valence-corrected chi connectivity index (χ0v) is 14.2. The zero-order valence-electron chi connectivity index (χ0n) is 13.4. The van der Waals surface area contributed by atoms with Crippen molar-refractivity contribution in [3.63, 3.8) is 0 Å². The molecular formula is C17H15FN4O2S. The second kappa shape index (κ2) is 7.43. The van der Waals surface area contributed by atoms with Gasteiger partial charge in [-0.2, -0.15) is 0 Å². The Morgan fingerprint density at radius 3 is 2.92 bits per heavy atom. The normalized spacial score (nSPS) is 10.8. The van der Waals surface area contributed by atoms with Gasteiger partial charge in [0, 0.05) is 23.5 Å². The summed E-state index contributed by atoms with van der Waals surface area (Å²) in [7, 11) is 0. The van der Waals surface area contributed by atoms with Gasteiger partial charge >= 0.3 is 5.97 Å². The molecule has 2 heterocycles. The lowest BCUT2D eigenvalue weighted by Gasteiger charge is -2.07. The van der Waals surface area contributed by atoms with Crippen LogP contribution in [0.25, 0.3) is 10.9 Å². The van der Waals surface area contributed by atoms with E-state index in [1.54, 1.807) is 31.3 Å². The van der Waals surface area contributed by atoms with Gasteiger partial charge in [-0.1, -0.05) is 17.8 Å². The van der Waals surface area contributed by atoms with Gasteiger partial charge < -0.3 is 10.5 Å². The molecule has 8 heteroatoms. The monoisotopic (exact) mass is 358 g/mol. The molecule has 128 valence electrons. The molecule has 0 aliphatic rings. The van der Waals surface area contributed by atoms with Gasteiger partial charge in [0.2, 0.25) is 0 Å². The summed E-state index contributed by atoms with van der Waals surface area (Å²) in [5.74, 6) is -0.300. The Kier molecular flexibility index (Phi) is 5.08. The number of fused-ring (bicyclic) bond motifs is 1. The smallest absolute Gasteiger partial charge is 0.343 e. The van der Waals surface area contributed by atoms with E-state index < -0.39 is 5.97 Å². The van der Waals surface area contributed by atoms with Crippen molar-refractivity contribution < 1.29 is 13.9 Å². The van der Waals surface area contributed by atoms with Gasteiger partial charge in [-0.05, 0) is 30.7 Å². The molecule has 0 amide bonds. The highest BCUT2D eigenvalue weighted by molar-refractivity contribution is 7.98. The van der Waals surface area contributed by atoms with Gasteiger partial charge in [0.1, 0.15) is 17.2 Å². The van der Waals surface area contributed by atoms with Crippen molar-refractivity contribution in [2.24, 2.45) is 0 Å². The van der Waals surface area contributed by atoms with Crippen molar-refractivity contribution in [3.8, 4) is 0 Å². The first-order chi connectivity index (χ1) is 12.1. The van der Waals surface area contributed by atoms with Crippen molar-refractivity contribution in [1.82, 2.24) is 15.0 Å². The summed E-state index contributed by atoms with van der Waals surface area (Å²) in [6.45, 7) is 1.96. The summed E-state index contributed by atoms with van der Waals surface area (Å²) in [5.41, 5.74) is 7.41. The van der Waals surface area contributed by atoms with E-state index in [-0.39, 0.29) is 23.8 Å². The summed E-state index contributed by atoms with van der Waals surface area (Å²) in [6.07, 6.45) is 2.97. The largest absolute Gasteiger partial charge is 0.462 e. The van der Waals surface area contributed by atoms with Crippen LogP contribution in [0.15, 0.2) is 41.8 Å². The van der Waals surface area contributed by atoms with Gasteiger partial charge in [0.25, 0.3) is 0 Å². The first kappa shape index (κ1) is 17.1. The highest BCUT2D eigenvalue weighted by Gasteiger charge is 2.14. The number of carbonyl (C=O) groups is 1. The number of nitrogens with two attached hydrogens (primary N) is 1. The molecule has 1 aromatic carbocycles. The Bertz CT molecular complexity index is 936. The Hall–Kier alpha value is -2.74. The number of hydrogen-bond acceptors (Lipinski definition) is 7. The standard InChI is InChI=1S/C17H15FN4O2S/c1-2-24-16(23)12-8-21-17(22-15(12)19)25-9-10-5-6-13(18)11-4-3-7-20-14(10)11/h3-8H,2,9H2,1H3,(H2,19,21,22). The van der Waals surface area contributed by atoms with Crippen molar-refractivity contribution in [2.75, 3.05) is 12.3 Å². The van der Waals surface area contributed by atoms with Crippen molar-refractivity contribution >= 4 is 34.5 Å². The first-order valence-corrected chi connectivity index (χ1v) is 8.53. The summed E-state index contributed by atoms with van der Waals surface area (Å²) in [5, 5.41) is 0.887. The summed E-state index contributed by atoms with van der Waals surface area (Å²) >= 11 is 1.33. The minimum atomic E-state index is -0.551. The second-order valence-electron chi connectivity index (χ2n) is 5.07. The fraction of sp³-hybridized carbons (Fsp3) is 0.176. The van der Waals surface area contributed by atoms with Crippen LogP contribution < -0.4 is 5.73 Å². The van der Waals surface area contributed by atoms with E-state index in [0.29, 0.717) is 21.8 Å². The number of aromatic nitrogens is 3. The van der Waals surface area contributed by atoms with E-state index in [1.807, 2.05) is 0 Å². The van der Waals surface area contributed by atoms with Crippen molar-refractivity contribution in [2.45, 2.75) is 17.8 Å². The molecular weight excluding hydrogens is 343 g/mol. The minimum Gasteiger partial charge on any atom is -0.462 e. The quantitative estimate of drug-likeness (QED) is 0.425. The molecule has 0 aliphatic carbocycles. The Labute approximate surface area is 147 Å². The number of esters is 1. The number of benzene rings is 1. The SMILES string of the molecule is CCOC(=O)c1cnc(SCc2ccc(F)c3cccnc23)nc1N. The van der Waals surface area contributed by atoms with Crippen LogP contribution in [0.3, 0.4) is 0 Å².